The molecule has 0 aliphatic heterocycles. The molecular formula is C15H22N2O7. The number of rotatable bonds is 9. The Morgan fingerprint density at radius 3 is 2.38 bits per heavy atom. The Kier molecular flexibility index (Phi) is 8.30. The van der Waals surface area contributed by atoms with Crippen molar-refractivity contribution >= 4 is 12.1 Å². The SMILES string of the molecule is CCOc1ccc(C(=O)N/N=C\C(O)C(O)C(O)C(O)CO)cc1. The van der Waals surface area contributed by atoms with Gasteiger partial charge in [-0.3, -0.25) is 4.79 Å². The van der Waals surface area contributed by atoms with E-state index in [4.69, 9.17) is 9.84 Å². The molecule has 0 spiro atoms. The number of nitrogens with zero attached hydrogens (tertiary/aromatic N) is 1. The van der Waals surface area contributed by atoms with Crippen LogP contribution in [0.1, 0.15) is 17.3 Å². The van der Waals surface area contributed by atoms with Crippen LogP contribution < -0.4 is 10.2 Å². The van der Waals surface area contributed by atoms with Crippen LogP contribution in [0.25, 0.3) is 0 Å². The van der Waals surface area contributed by atoms with Crippen LogP contribution in [0.4, 0.5) is 0 Å². The van der Waals surface area contributed by atoms with E-state index < -0.39 is 36.9 Å². The normalized spacial score (nSPS) is 16.4. The molecule has 0 radical (unpaired) electrons. The zero-order valence-corrected chi connectivity index (χ0v) is 13.1. The average Bonchev–Trinajstić information content (AvgIpc) is 2.60. The van der Waals surface area contributed by atoms with Gasteiger partial charge in [0.15, 0.2) is 0 Å². The molecule has 24 heavy (non-hydrogen) atoms. The van der Waals surface area contributed by atoms with Crippen LogP contribution in [-0.2, 0) is 0 Å². The number of hydrogen-bond acceptors (Lipinski definition) is 8. The Balaban J connectivity index is 2.54. The number of aliphatic hydroxyl groups is 5. The second-order valence-corrected chi connectivity index (χ2v) is 4.90. The van der Waals surface area contributed by atoms with Crippen molar-refractivity contribution in [1.82, 2.24) is 5.43 Å². The molecule has 1 aromatic rings. The molecule has 134 valence electrons. The molecule has 6 N–H and O–H groups in total. The summed E-state index contributed by atoms with van der Waals surface area (Å²) in [6.07, 6.45) is -6.01. The Labute approximate surface area is 138 Å². The molecule has 0 aromatic heterocycles. The number of hydrazone groups is 1. The third kappa shape index (κ3) is 5.87. The maximum atomic E-state index is 11.8. The molecular weight excluding hydrogens is 320 g/mol. The Hall–Kier alpha value is -2.04. The van der Waals surface area contributed by atoms with Crippen LogP contribution in [0.5, 0.6) is 5.75 Å². The highest BCUT2D eigenvalue weighted by Crippen LogP contribution is 2.11. The van der Waals surface area contributed by atoms with Crippen molar-refractivity contribution in [3.05, 3.63) is 29.8 Å². The highest BCUT2D eigenvalue weighted by Gasteiger charge is 2.29. The van der Waals surface area contributed by atoms with Gasteiger partial charge in [0.1, 0.15) is 30.2 Å². The monoisotopic (exact) mass is 342 g/mol. The molecule has 1 aromatic carbocycles. The van der Waals surface area contributed by atoms with E-state index in [1.807, 2.05) is 6.92 Å². The first-order valence-corrected chi connectivity index (χ1v) is 7.30. The Bertz CT molecular complexity index is 535. The van der Waals surface area contributed by atoms with E-state index in [0.717, 1.165) is 6.21 Å². The van der Waals surface area contributed by atoms with Gasteiger partial charge in [-0.15, -0.1) is 0 Å². The smallest absolute Gasteiger partial charge is 0.271 e. The van der Waals surface area contributed by atoms with Gasteiger partial charge in [-0.05, 0) is 31.2 Å². The summed E-state index contributed by atoms with van der Waals surface area (Å²) in [6.45, 7) is 1.56. The zero-order chi connectivity index (χ0) is 18.1. The summed E-state index contributed by atoms with van der Waals surface area (Å²) < 4.78 is 5.25. The van der Waals surface area contributed by atoms with Crippen LogP contribution in [0.3, 0.4) is 0 Å². The average molecular weight is 342 g/mol. The van der Waals surface area contributed by atoms with Crippen LogP contribution in [0.2, 0.25) is 0 Å². The second kappa shape index (κ2) is 9.96. The number of aliphatic hydroxyl groups excluding tert-OH is 5. The summed E-state index contributed by atoms with van der Waals surface area (Å²) in [5, 5.41) is 49.9. The number of carbonyl (C=O) groups excluding carboxylic acids is 1. The Morgan fingerprint density at radius 2 is 1.83 bits per heavy atom. The van der Waals surface area contributed by atoms with E-state index in [9.17, 15) is 25.2 Å². The van der Waals surface area contributed by atoms with Crippen LogP contribution in [0, 0.1) is 0 Å². The van der Waals surface area contributed by atoms with E-state index in [-0.39, 0.29) is 0 Å². The lowest BCUT2D eigenvalue weighted by Gasteiger charge is -2.23. The fourth-order valence-corrected chi connectivity index (χ4v) is 1.73. The van der Waals surface area contributed by atoms with Gasteiger partial charge in [0, 0.05) is 5.56 Å². The molecule has 0 saturated heterocycles. The predicted octanol–water partition coefficient (Wildman–Crippen LogP) is -1.76. The topological polar surface area (TPSA) is 152 Å². The minimum atomic E-state index is -1.78. The van der Waals surface area contributed by atoms with Crippen molar-refractivity contribution in [2.75, 3.05) is 13.2 Å². The van der Waals surface area contributed by atoms with E-state index >= 15 is 0 Å². The maximum absolute atomic E-state index is 11.8. The van der Waals surface area contributed by atoms with Gasteiger partial charge in [0.2, 0.25) is 0 Å². The summed E-state index contributed by atoms with van der Waals surface area (Å²) in [5.41, 5.74) is 2.45. The van der Waals surface area contributed by atoms with Crippen LogP contribution in [-0.4, -0.2) is 75.3 Å². The number of carbonyl (C=O) groups is 1. The lowest BCUT2D eigenvalue weighted by molar-refractivity contribution is -0.0999. The van der Waals surface area contributed by atoms with Gasteiger partial charge in [0.25, 0.3) is 5.91 Å². The largest absolute Gasteiger partial charge is 0.494 e. The fraction of sp³-hybridized carbons (Fsp3) is 0.467. The van der Waals surface area contributed by atoms with Crippen molar-refractivity contribution in [2.24, 2.45) is 5.10 Å². The van der Waals surface area contributed by atoms with Crippen molar-refractivity contribution < 1.29 is 35.1 Å². The first-order chi connectivity index (χ1) is 11.4. The number of hydrogen-bond donors (Lipinski definition) is 6. The van der Waals surface area contributed by atoms with E-state index in [1.165, 1.54) is 12.1 Å². The second-order valence-electron chi connectivity index (χ2n) is 4.90. The number of benzene rings is 1. The minimum Gasteiger partial charge on any atom is -0.494 e. The van der Waals surface area contributed by atoms with Gasteiger partial charge >= 0.3 is 0 Å². The summed E-state index contributed by atoms with van der Waals surface area (Å²) in [5.74, 6) is 0.0689. The maximum Gasteiger partial charge on any atom is 0.271 e. The molecule has 4 atom stereocenters. The molecule has 4 unspecified atom stereocenters. The minimum absolute atomic E-state index is 0.307. The zero-order valence-electron chi connectivity index (χ0n) is 13.1. The molecule has 9 nitrogen and oxygen atoms in total. The summed E-state index contributed by atoms with van der Waals surface area (Å²) in [7, 11) is 0. The van der Waals surface area contributed by atoms with Gasteiger partial charge in [-0.25, -0.2) is 5.43 Å². The molecule has 0 bridgehead atoms. The molecule has 1 rings (SSSR count). The molecule has 0 saturated carbocycles. The molecule has 0 fully saturated rings. The Morgan fingerprint density at radius 1 is 1.21 bits per heavy atom. The van der Waals surface area contributed by atoms with Crippen molar-refractivity contribution in [2.45, 2.75) is 31.3 Å². The fourth-order valence-electron chi connectivity index (χ4n) is 1.73. The van der Waals surface area contributed by atoms with Crippen molar-refractivity contribution in [3.8, 4) is 5.75 Å². The summed E-state index contributed by atoms with van der Waals surface area (Å²) in [6, 6.07) is 6.30. The molecule has 1 amide bonds. The number of nitrogens with one attached hydrogen (secondary N) is 1. The first kappa shape index (κ1) is 20.0. The third-order valence-corrected chi connectivity index (χ3v) is 3.10. The molecule has 0 heterocycles. The standard InChI is InChI=1S/C15H22N2O7/c1-2-24-10-5-3-9(4-6-10)15(23)17-16-7-11(19)13(21)14(22)12(20)8-18/h3-7,11-14,18-22H,2,8H2,1H3,(H,17,23)/b16-7-. The quantitative estimate of drug-likeness (QED) is 0.230. The highest BCUT2D eigenvalue weighted by atomic mass is 16.5. The van der Waals surface area contributed by atoms with Crippen molar-refractivity contribution in [1.29, 1.82) is 0 Å². The van der Waals surface area contributed by atoms with E-state index in [2.05, 4.69) is 10.5 Å². The van der Waals surface area contributed by atoms with Gasteiger partial charge in [0.05, 0.1) is 19.4 Å². The summed E-state index contributed by atoms with van der Waals surface area (Å²) >= 11 is 0. The lowest BCUT2D eigenvalue weighted by atomic mass is 10.0. The first-order valence-electron chi connectivity index (χ1n) is 7.30. The molecule has 0 aliphatic carbocycles. The van der Waals surface area contributed by atoms with E-state index in [1.54, 1.807) is 12.1 Å². The predicted molar refractivity (Wildman–Crippen MR) is 84.7 cm³/mol. The van der Waals surface area contributed by atoms with Crippen LogP contribution >= 0.6 is 0 Å². The lowest BCUT2D eigenvalue weighted by Crippen LogP contribution is -2.46. The van der Waals surface area contributed by atoms with Crippen molar-refractivity contribution in [3.63, 3.8) is 0 Å². The summed E-state index contributed by atoms with van der Waals surface area (Å²) in [4.78, 5) is 11.8. The van der Waals surface area contributed by atoms with Gasteiger partial charge < -0.3 is 30.3 Å². The highest BCUT2D eigenvalue weighted by molar-refractivity contribution is 5.94. The number of ether oxygens (including phenoxy) is 1. The molecule has 0 aliphatic rings. The number of amides is 1. The third-order valence-electron chi connectivity index (χ3n) is 3.10. The van der Waals surface area contributed by atoms with Gasteiger partial charge in [-0.2, -0.15) is 5.10 Å². The van der Waals surface area contributed by atoms with Gasteiger partial charge in [-0.1, -0.05) is 0 Å². The van der Waals surface area contributed by atoms with Crippen LogP contribution in [0.15, 0.2) is 29.4 Å². The van der Waals surface area contributed by atoms with E-state index in [0.29, 0.717) is 17.9 Å². The molecule has 9 heteroatoms.